The fourth-order valence-corrected chi connectivity index (χ4v) is 1.83. The van der Waals surface area contributed by atoms with Gasteiger partial charge in [-0.3, -0.25) is 0 Å². The van der Waals surface area contributed by atoms with Crippen molar-refractivity contribution in [3.8, 4) is 0 Å². The van der Waals surface area contributed by atoms with Crippen molar-refractivity contribution in [1.82, 2.24) is 5.32 Å². The first-order valence-corrected chi connectivity index (χ1v) is 5.79. The normalized spacial score (nSPS) is 24.0. The van der Waals surface area contributed by atoms with Crippen molar-refractivity contribution in [2.24, 2.45) is 5.92 Å². The van der Waals surface area contributed by atoms with E-state index in [0.29, 0.717) is 12.5 Å². The number of unbranched alkanes of at least 4 members (excludes halogenated alkanes) is 1. The Hall–Kier alpha value is -0.120. The van der Waals surface area contributed by atoms with Gasteiger partial charge >= 0.3 is 0 Å². The van der Waals surface area contributed by atoms with Gasteiger partial charge in [-0.15, -0.1) is 0 Å². The summed E-state index contributed by atoms with van der Waals surface area (Å²) < 4.78 is 5.38. The van der Waals surface area contributed by atoms with Gasteiger partial charge in [-0.2, -0.15) is 0 Å². The molecule has 0 aromatic rings. The van der Waals surface area contributed by atoms with E-state index in [1.807, 2.05) is 0 Å². The predicted molar refractivity (Wildman–Crippen MR) is 57.3 cm³/mol. The summed E-state index contributed by atoms with van der Waals surface area (Å²) in [6.45, 7) is 5.61. The summed E-state index contributed by atoms with van der Waals surface area (Å²) in [7, 11) is 0. The van der Waals surface area contributed by atoms with E-state index < -0.39 is 0 Å². The molecule has 3 heteroatoms. The molecule has 84 valence electrons. The first-order chi connectivity index (χ1) is 6.83. The second-order valence-corrected chi connectivity index (χ2v) is 4.18. The van der Waals surface area contributed by atoms with Crippen LogP contribution in [0.3, 0.4) is 0 Å². The van der Waals surface area contributed by atoms with E-state index in [2.05, 4.69) is 12.2 Å². The summed E-state index contributed by atoms with van der Waals surface area (Å²) in [6, 6.07) is 0. The zero-order valence-electron chi connectivity index (χ0n) is 9.17. The maximum absolute atomic E-state index is 9.66. The molecule has 3 nitrogen and oxygen atoms in total. The van der Waals surface area contributed by atoms with Crippen LogP contribution in [0, 0.1) is 5.92 Å². The standard InChI is InChI=1S/C11H23NO2/c1-2-3-6-14-9-11(13)7-10-4-5-12-8-10/h10-13H,2-9H2,1H3. The number of hydrogen-bond donors (Lipinski definition) is 2. The molecule has 0 saturated carbocycles. The number of rotatable bonds is 7. The van der Waals surface area contributed by atoms with E-state index in [4.69, 9.17) is 4.74 Å². The highest BCUT2D eigenvalue weighted by Gasteiger charge is 2.18. The van der Waals surface area contributed by atoms with Crippen molar-refractivity contribution in [3.05, 3.63) is 0 Å². The maximum Gasteiger partial charge on any atom is 0.0776 e. The largest absolute Gasteiger partial charge is 0.391 e. The minimum atomic E-state index is -0.267. The molecule has 2 atom stereocenters. The van der Waals surface area contributed by atoms with Crippen molar-refractivity contribution < 1.29 is 9.84 Å². The van der Waals surface area contributed by atoms with Gasteiger partial charge in [0.05, 0.1) is 12.7 Å². The molecule has 0 amide bonds. The van der Waals surface area contributed by atoms with E-state index in [1.54, 1.807) is 0 Å². The Kier molecular flexibility index (Phi) is 6.15. The predicted octanol–water partition coefficient (Wildman–Crippen LogP) is 1.16. The van der Waals surface area contributed by atoms with Crippen molar-refractivity contribution in [1.29, 1.82) is 0 Å². The van der Waals surface area contributed by atoms with Crippen LogP contribution in [0.2, 0.25) is 0 Å². The molecule has 0 aromatic carbocycles. The molecular formula is C11H23NO2. The van der Waals surface area contributed by atoms with Gasteiger partial charge in [-0.1, -0.05) is 13.3 Å². The van der Waals surface area contributed by atoms with Crippen molar-refractivity contribution in [2.75, 3.05) is 26.3 Å². The Morgan fingerprint density at radius 3 is 3.07 bits per heavy atom. The zero-order valence-corrected chi connectivity index (χ0v) is 9.17. The first-order valence-electron chi connectivity index (χ1n) is 5.79. The van der Waals surface area contributed by atoms with Crippen LogP contribution in [-0.4, -0.2) is 37.5 Å². The molecule has 0 aliphatic carbocycles. The number of ether oxygens (including phenoxy) is 1. The summed E-state index contributed by atoms with van der Waals surface area (Å²) in [6.07, 6.45) is 4.07. The quantitative estimate of drug-likeness (QED) is 0.607. The van der Waals surface area contributed by atoms with Crippen LogP contribution in [0.4, 0.5) is 0 Å². The SMILES string of the molecule is CCCCOCC(O)CC1CCNC1. The summed E-state index contributed by atoms with van der Waals surface area (Å²) in [5.41, 5.74) is 0. The molecule has 1 heterocycles. The van der Waals surface area contributed by atoms with Gasteiger partial charge < -0.3 is 15.2 Å². The molecule has 1 aliphatic rings. The lowest BCUT2D eigenvalue weighted by Crippen LogP contribution is -2.21. The van der Waals surface area contributed by atoms with Crippen LogP contribution >= 0.6 is 0 Å². The van der Waals surface area contributed by atoms with Gasteiger partial charge in [-0.05, 0) is 38.3 Å². The summed E-state index contributed by atoms with van der Waals surface area (Å²) in [4.78, 5) is 0. The second-order valence-electron chi connectivity index (χ2n) is 4.18. The number of aliphatic hydroxyl groups is 1. The molecule has 1 aliphatic heterocycles. The van der Waals surface area contributed by atoms with Gasteiger partial charge in [0.25, 0.3) is 0 Å². The van der Waals surface area contributed by atoms with E-state index in [1.165, 1.54) is 6.42 Å². The monoisotopic (exact) mass is 201 g/mol. The third-order valence-electron chi connectivity index (χ3n) is 2.72. The van der Waals surface area contributed by atoms with E-state index in [-0.39, 0.29) is 6.10 Å². The van der Waals surface area contributed by atoms with Crippen LogP contribution in [0.5, 0.6) is 0 Å². The minimum absolute atomic E-state index is 0.267. The smallest absolute Gasteiger partial charge is 0.0776 e. The lowest BCUT2D eigenvalue weighted by atomic mass is 10.0. The number of hydrogen-bond acceptors (Lipinski definition) is 3. The fourth-order valence-electron chi connectivity index (χ4n) is 1.83. The molecule has 2 unspecified atom stereocenters. The van der Waals surface area contributed by atoms with Crippen LogP contribution in [0.15, 0.2) is 0 Å². The van der Waals surface area contributed by atoms with Gasteiger partial charge in [0.2, 0.25) is 0 Å². The lowest BCUT2D eigenvalue weighted by Gasteiger charge is -2.14. The maximum atomic E-state index is 9.66. The third kappa shape index (κ3) is 4.94. The summed E-state index contributed by atoms with van der Waals surface area (Å²) in [5, 5.41) is 13.0. The molecule has 0 aromatic heterocycles. The molecule has 14 heavy (non-hydrogen) atoms. The van der Waals surface area contributed by atoms with Gasteiger partial charge in [-0.25, -0.2) is 0 Å². The molecule has 1 rings (SSSR count). The van der Waals surface area contributed by atoms with Crippen LogP contribution in [0.1, 0.15) is 32.6 Å². The Balaban J connectivity index is 1.95. The molecular weight excluding hydrogens is 178 g/mol. The Morgan fingerprint density at radius 1 is 1.57 bits per heavy atom. The van der Waals surface area contributed by atoms with Gasteiger partial charge in [0.15, 0.2) is 0 Å². The molecule has 2 N–H and O–H groups in total. The third-order valence-corrected chi connectivity index (χ3v) is 2.72. The molecule has 1 fully saturated rings. The molecule has 0 spiro atoms. The first kappa shape index (κ1) is 12.0. The number of aliphatic hydroxyl groups excluding tert-OH is 1. The average molecular weight is 201 g/mol. The second kappa shape index (κ2) is 7.21. The lowest BCUT2D eigenvalue weighted by molar-refractivity contribution is 0.0244. The highest BCUT2D eigenvalue weighted by atomic mass is 16.5. The van der Waals surface area contributed by atoms with Gasteiger partial charge in [0, 0.05) is 6.61 Å². The number of nitrogens with one attached hydrogen (secondary N) is 1. The van der Waals surface area contributed by atoms with E-state index in [0.717, 1.165) is 39.0 Å². The van der Waals surface area contributed by atoms with Crippen molar-refractivity contribution in [2.45, 2.75) is 38.7 Å². The Bertz CT molecular complexity index is 135. The van der Waals surface area contributed by atoms with E-state index >= 15 is 0 Å². The minimum Gasteiger partial charge on any atom is -0.391 e. The highest BCUT2D eigenvalue weighted by Crippen LogP contribution is 2.14. The average Bonchev–Trinajstić information content (AvgIpc) is 2.65. The van der Waals surface area contributed by atoms with Gasteiger partial charge in [0.1, 0.15) is 0 Å². The van der Waals surface area contributed by atoms with Crippen molar-refractivity contribution in [3.63, 3.8) is 0 Å². The van der Waals surface area contributed by atoms with E-state index in [9.17, 15) is 5.11 Å². The van der Waals surface area contributed by atoms with Crippen LogP contribution < -0.4 is 5.32 Å². The van der Waals surface area contributed by atoms with Crippen molar-refractivity contribution >= 4 is 0 Å². The molecule has 1 saturated heterocycles. The molecule has 0 bridgehead atoms. The topological polar surface area (TPSA) is 41.5 Å². The fraction of sp³-hybridized carbons (Fsp3) is 1.00. The highest BCUT2D eigenvalue weighted by molar-refractivity contribution is 4.73. The summed E-state index contributed by atoms with van der Waals surface area (Å²) in [5.74, 6) is 0.653. The Morgan fingerprint density at radius 2 is 2.43 bits per heavy atom. The summed E-state index contributed by atoms with van der Waals surface area (Å²) >= 11 is 0. The van der Waals surface area contributed by atoms with Crippen LogP contribution in [0.25, 0.3) is 0 Å². The Labute approximate surface area is 86.8 Å². The van der Waals surface area contributed by atoms with Crippen LogP contribution in [-0.2, 0) is 4.74 Å². The molecule has 0 radical (unpaired) electrons. The zero-order chi connectivity index (χ0) is 10.2.